The predicted octanol–water partition coefficient (Wildman–Crippen LogP) is 2.61. The van der Waals surface area contributed by atoms with Gasteiger partial charge in [0.2, 0.25) is 0 Å². The molecule has 20 heavy (non-hydrogen) atoms. The van der Waals surface area contributed by atoms with Crippen LogP contribution < -0.4 is 5.32 Å². The molecule has 0 radical (unpaired) electrons. The summed E-state index contributed by atoms with van der Waals surface area (Å²) in [4.78, 5) is 11.8. The molecule has 0 heterocycles. The lowest BCUT2D eigenvalue weighted by Gasteiger charge is -2.37. The quantitative estimate of drug-likeness (QED) is 0.731. The number of rotatable bonds is 7. The second-order valence-electron chi connectivity index (χ2n) is 6.29. The van der Waals surface area contributed by atoms with Crippen LogP contribution in [0.25, 0.3) is 0 Å². The summed E-state index contributed by atoms with van der Waals surface area (Å²) in [6, 6.07) is -0.361. The van der Waals surface area contributed by atoms with Crippen molar-refractivity contribution in [2.45, 2.75) is 59.1 Å². The van der Waals surface area contributed by atoms with Gasteiger partial charge in [0, 0.05) is 0 Å². The van der Waals surface area contributed by atoms with Gasteiger partial charge in [-0.15, -0.1) is 0 Å². The van der Waals surface area contributed by atoms with E-state index < -0.39 is 0 Å². The van der Waals surface area contributed by atoms with E-state index in [1.807, 2.05) is 6.92 Å². The highest BCUT2D eigenvalue weighted by Gasteiger charge is 2.32. The first-order chi connectivity index (χ1) is 9.49. The Morgan fingerprint density at radius 1 is 1.35 bits per heavy atom. The highest BCUT2D eigenvalue weighted by atomic mass is 16.5. The molecule has 0 aliphatic heterocycles. The van der Waals surface area contributed by atoms with Gasteiger partial charge in [0.05, 0.1) is 19.3 Å². The molecule has 1 N–H and O–H groups in total. The number of esters is 1. The molecule has 0 aromatic rings. The summed E-state index contributed by atoms with van der Waals surface area (Å²) in [5.74, 6) is 1.72. The number of ether oxygens (including phenoxy) is 2. The lowest BCUT2D eigenvalue weighted by Crippen LogP contribution is -2.43. The summed E-state index contributed by atoms with van der Waals surface area (Å²) in [6.45, 7) is 9.44. The number of carbonyl (C=O) groups is 1. The van der Waals surface area contributed by atoms with Crippen LogP contribution in [0.3, 0.4) is 0 Å². The fraction of sp³-hybridized carbons (Fsp3) is 0.938. The van der Waals surface area contributed by atoms with Gasteiger partial charge in [-0.25, -0.2) is 0 Å². The largest absolute Gasteiger partial charge is 0.465 e. The first-order valence-corrected chi connectivity index (χ1v) is 7.95. The Labute approximate surface area is 123 Å². The maximum absolute atomic E-state index is 11.8. The third kappa shape index (κ3) is 5.06. The van der Waals surface area contributed by atoms with Crippen LogP contribution in [0.4, 0.5) is 0 Å². The van der Waals surface area contributed by atoms with E-state index in [2.05, 4.69) is 26.1 Å². The Balaban J connectivity index is 2.53. The van der Waals surface area contributed by atoms with Crippen LogP contribution in [0.2, 0.25) is 0 Å². The molecule has 1 aliphatic rings. The number of likely N-dealkylation sites (N-methyl/N-ethyl adjacent to an activating group) is 1. The van der Waals surface area contributed by atoms with Crippen LogP contribution in [-0.2, 0) is 14.3 Å². The average Bonchev–Trinajstić information content (AvgIpc) is 2.39. The summed E-state index contributed by atoms with van der Waals surface area (Å²) in [5, 5.41) is 2.98. The van der Waals surface area contributed by atoms with Gasteiger partial charge in [0.25, 0.3) is 0 Å². The van der Waals surface area contributed by atoms with E-state index in [4.69, 9.17) is 9.47 Å². The van der Waals surface area contributed by atoms with Crippen LogP contribution in [-0.4, -0.2) is 38.4 Å². The number of hydrogen-bond acceptors (Lipinski definition) is 4. The summed E-state index contributed by atoms with van der Waals surface area (Å²) in [7, 11) is 1.77. The third-order valence-electron chi connectivity index (χ3n) is 4.36. The van der Waals surface area contributed by atoms with Gasteiger partial charge in [0.1, 0.15) is 6.04 Å². The minimum Gasteiger partial charge on any atom is -0.465 e. The molecule has 1 fully saturated rings. The molecular weight excluding hydrogens is 254 g/mol. The van der Waals surface area contributed by atoms with E-state index in [0.717, 1.165) is 6.42 Å². The van der Waals surface area contributed by atoms with Crippen LogP contribution in [0.1, 0.15) is 47.0 Å². The normalized spacial score (nSPS) is 28.4. The Hall–Kier alpha value is -0.610. The van der Waals surface area contributed by atoms with E-state index in [0.29, 0.717) is 31.0 Å². The molecule has 0 aromatic heterocycles. The first-order valence-electron chi connectivity index (χ1n) is 7.95. The molecule has 0 bridgehead atoms. The summed E-state index contributed by atoms with van der Waals surface area (Å²) < 4.78 is 11.1. The smallest absolute Gasteiger partial charge is 0.325 e. The molecule has 4 nitrogen and oxygen atoms in total. The molecular formula is C16H31NO3. The van der Waals surface area contributed by atoms with Gasteiger partial charge >= 0.3 is 5.97 Å². The van der Waals surface area contributed by atoms with Gasteiger partial charge in [-0.05, 0) is 44.6 Å². The van der Waals surface area contributed by atoms with Gasteiger partial charge in [-0.1, -0.05) is 27.2 Å². The Morgan fingerprint density at radius 2 is 2.05 bits per heavy atom. The summed E-state index contributed by atoms with van der Waals surface area (Å²) >= 11 is 0. The van der Waals surface area contributed by atoms with Crippen molar-refractivity contribution in [3.63, 3.8) is 0 Å². The standard InChI is InChI=1S/C16H31NO3/c1-6-19-16(18)14(17-5)10-20-15-9-12(4)7-8-13(15)11(2)3/h11-15,17H,6-10H2,1-5H3. The molecule has 4 unspecified atom stereocenters. The van der Waals surface area contributed by atoms with Crippen molar-refractivity contribution >= 4 is 5.97 Å². The van der Waals surface area contributed by atoms with Crippen molar-refractivity contribution in [2.75, 3.05) is 20.3 Å². The second-order valence-corrected chi connectivity index (χ2v) is 6.29. The highest BCUT2D eigenvalue weighted by molar-refractivity contribution is 5.75. The zero-order valence-electron chi connectivity index (χ0n) is 13.6. The molecule has 0 aromatic carbocycles. The van der Waals surface area contributed by atoms with Gasteiger partial charge in [-0.3, -0.25) is 4.79 Å². The van der Waals surface area contributed by atoms with Crippen LogP contribution >= 0.6 is 0 Å². The van der Waals surface area contributed by atoms with Crippen molar-refractivity contribution in [2.24, 2.45) is 17.8 Å². The fourth-order valence-corrected chi connectivity index (χ4v) is 3.04. The lowest BCUT2D eigenvalue weighted by atomic mass is 9.75. The highest BCUT2D eigenvalue weighted by Crippen LogP contribution is 2.35. The van der Waals surface area contributed by atoms with Gasteiger partial charge in [0.15, 0.2) is 0 Å². The van der Waals surface area contributed by atoms with Crippen molar-refractivity contribution in [1.29, 1.82) is 0 Å². The van der Waals surface area contributed by atoms with Crippen molar-refractivity contribution < 1.29 is 14.3 Å². The van der Waals surface area contributed by atoms with Crippen LogP contribution in [0.5, 0.6) is 0 Å². The Kier molecular flexibility index (Phi) is 7.52. The zero-order chi connectivity index (χ0) is 15.1. The van der Waals surface area contributed by atoms with E-state index in [-0.39, 0.29) is 18.1 Å². The average molecular weight is 285 g/mol. The molecule has 0 amide bonds. The zero-order valence-corrected chi connectivity index (χ0v) is 13.6. The summed E-state index contributed by atoms with van der Waals surface area (Å²) in [6.07, 6.45) is 3.88. The van der Waals surface area contributed by atoms with Crippen LogP contribution in [0.15, 0.2) is 0 Å². The Morgan fingerprint density at radius 3 is 2.60 bits per heavy atom. The predicted molar refractivity (Wildman–Crippen MR) is 80.6 cm³/mol. The molecule has 1 saturated carbocycles. The monoisotopic (exact) mass is 285 g/mol. The summed E-state index contributed by atoms with van der Waals surface area (Å²) in [5.41, 5.74) is 0. The molecule has 1 aliphatic carbocycles. The molecule has 4 heteroatoms. The third-order valence-corrected chi connectivity index (χ3v) is 4.36. The number of nitrogens with one attached hydrogen (secondary N) is 1. The van der Waals surface area contributed by atoms with Crippen molar-refractivity contribution in [3.05, 3.63) is 0 Å². The first kappa shape index (κ1) is 17.4. The minimum absolute atomic E-state index is 0.222. The van der Waals surface area contributed by atoms with Crippen molar-refractivity contribution in [1.82, 2.24) is 5.32 Å². The van der Waals surface area contributed by atoms with E-state index in [9.17, 15) is 4.79 Å². The SMILES string of the molecule is CCOC(=O)C(COC1CC(C)CCC1C(C)C)NC. The van der Waals surface area contributed by atoms with Gasteiger partial charge < -0.3 is 14.8 Å². The second kappa shape index (κ2) is 8.63. The maximum atomic E-state index is 11.8. The van der Waals surface area contributed by atoms with Gasteiger partial charge in [-0.2, -0.15) is 0 Å². The lowest BCUT2D eigenvalue weighted by molar-refractivity contribution is -0.148. The van der Waals surface area contributed by atoms with E-state index in [1.54, 1.807) is 7.05 Å². The topological polar surface area (TPSA) is 47.6 Å². The molecule has 1 rings (SSSR count). The number of hydrogen-bond donors (Lipinski definition) is 1. The van der Waals surface area contributed by atoms with Crippen molar-refractivity contribution in [3.8, 4) is 0 Å². The Bertz CT molecular complexity index is 293. The molecule has 0 spiro atoms. The number of carbonyl (C=O) groups excluding carboxylic acids is 1. The molecule has 118 valence electrons. The van der Waals surface area contributed by atoms with Crippen LogP contribution in [0, 0.1) is 17.8 Å². The van der Waals surface area contributed by atoms with E-state index in [1.165, 1.54) is 12.8 Å². The molecule has 4 atom stereocenters. The fourth-order valence-electron chi connectivity index (χ4n) is 3.04. The van der Waals surface area contributed by atoms with E-state index >= 15 is 0 Å². The minimum atomic E-state index is -0.361. The molecule has 0 saturated heterocycles. The maximum Gasteiger partial charge on any atom is 0.325 e.